The monoisotopic (exact) mass is 417 g/mol. The molecule has 0 saturated heterocycles. The summed E-state index contributed by atoms with van der Waals surface area (Å²) in [5.74, 6) is 1.85. The van der Waals surface area contributed by atoms with E-state index in [1.54, 1.807) is 4.57 Å². The van der Waals surface area contributed by atoms with Gasteiger partial charge in [0.15, 0.2) is 5.16 Å². The predicted molar refractivity (Wildman–Crippen MR) is 116 cm³/mol. The van der Waals surface area contributed by atoms with E-state index in [9.17, 15) is 4.79 Å². The topological polar surface area (TPSA) is 78.2 Å². The Bertz CT molecular complexity index is 1460. The lowest BCUT2D eigenvalue weighted by Crippen LogP contribution is -2.22. The molecule has 0 atom stereocenters. The van der Waals surface area contributed by atoms with Crippen LogP contribution in [-0.4, -0.2) is 24.3 Å². The van der Waals surface area contributed by atoms with Gasteiger partial charge in [-0.05, 0) is 44.5 Å². The van der Waals surface area contributed by atoms with Gasteiger partial charge in [-0.25, -0.2) is 4.57 Å². The summed E-state index contributed by atoms with van der Waals surface area (Å²) < 4.78 is 8.74. The Hall–Kier alpha value is -3.39. The normalized spacial score (nSPS) is 11.6. The molecule has 0 N–H and O–H groups in total. The Morgan fingerprint density at radius 1 is 1.03 bits per heavy atom. The molecular weight excluding hydrogens is 398 g/mol. The Labute approximate surface area is 176 Å². The van der Waals surface area contributed by atoms with Crippen LogP contribution < -0.4 is 5.56 Å². The van der Waals surface area contributed by atoms with Gasteiger partial charge < -0.3 is 4.52 Å². The van der Waals surface area contributed by atoms with Gasteiger partial charge in [-0.1, -0.05) is 46.7 Å². The van der Waals surface area contributed by atoms with Crippen LogP contribution >= 0.6 is 11.8 Å². The summed E-state index contributed by atoms with van der Waals surface area (Å²) in [7, 11) is 0. The number of aromatic nitrogens is 5. The van der Waals surface area contributed by atoms with Crippen molar-refractivity contribution in [3.63, 3.8) is 0 Å². The van der Waals surface area contributed by atoms with Crippen LogP contribution in [0.15, 0.2) is 63.0 Å². The molecule has 5 aromatic rings. The first-order valence-electron chi connectivity index (χ1n) is 9.54. The van der Waals surface area contributed by atoms with Gasteiger partial charge >= 0.3 is 0 Å². The number of nitrogens with zero attached hydrogens (tertiary/aromatic N) is 5. The second-order valence-corrected chi connectivity index (χ2v) is 8.23. The van der Waals surface area contributed by atoms with Crippen molar-refractivity contribution < 1.29 is 4.52 Å². The molecule has 0 radical (unpaired) electrons. The van der Waals surface area contributed by atoms with E-state index in [0.29, 0.717) is 22.1 Å². The predicted octanol–water partition coefficient (Wildman–Crippen LogP) is 4.24. The minimum Gasteiger partial charge on any atom is -0.361 e. The van der Waals surface area contributed by atoms with Gasteiger partial charge in [0.25, 0.3) is 5.56 Å². The van der Waals surface area contributed by atoms with Gasteiger partial charge in [-0.3, -0.25) is 9.20 Å². The van der Waals surface area contributed by atoms with Crippen LogP contribution in [0.3, 0.4) is 0 Å². The van der Waals surface area contributed by atoms with E-state index in [1.165, 1.54) is 11.8 Å². The van der Waals surface area contributed by atoms with E-state index in [0.717, 1.165) is 33.8 Å². The van der Waals surface area contributed by atoms with Gasteiger partial charge in [0.05, 0.1) is 22.3 Å². The highest BCUT2D eigenvalue weighted by Crippen LogP contribution is 2.26. The Morgan fingerprint density at radius 3 is 2.63 bits per heavy atom. The molecule has 0 saturated carbocycles. The number of rotatable bonds is 4. The highest BCUT2D eigenvalue weighted by molar-refractivity contribution is 7.98. The first-order chi connectivity index (χ1) is 14.5. The van der Waals surface area contributed by atoms with E-state index in [-0.39, 0.29) is 5.56 Å². The van der Waals surface area contributed by atoms with Gasteiger partial charge in [0.2, 0.25) is 5.78 Å². The third-order valence-corrected chi connectivity index (χ3v) is 5.98. The molecule has 0 bridgehead atoms. The molecule has 0 aliphatic heterocycles. The quantitative estimate of drug-likeness (QED) is 0.407. The van der Waals surface area contributed by atoms with Crippen LogP contribution in [0, 0.1) is 20.8 Å². The molecule has 0 amide bonds. The molecule has 2 aromatic carbocycles. The number of para-hydroxylation sites is 1. The van der Waals surface area contributed by atoms with E-state index < -0.39 is 0 Å². The molecule has 7 nitrogen and oxygen atoms in total. The van der Waals surface area contributed by atoms with Crippen molar-refractivity contribution in [2.75, 3.05) is 0 Å². The average Bonchev–Trinajstić information content (AvgIpc) is 3.34. The second kappa shape index (κ2) is 7.14. The van der Waals surface area contributed by atoms with Crippen molar-refractivity contribution in [3.05, 3.63) is 81.5 Å². The maximum atomic E-state index is 13.4. The number of fused-ring (bicyclic) bond motifs is 3. The van der Waals surface area contributed by atoms with Gasteiger partial charge in [0, 0.05) is 11.8 Å². The minimum absolute atomic E-state index is 0.110. The number of hydrogen-bond donors (Lipinski definition) is 0. The molecule has 150 valence electrons. The fraction of sp³-hybridized carbons (Fsp3) is 0.182. The summed E-state index contributed by atoms with van der Waals surface area (Å²) in [6.45, 7) is 5.90. The summed E-state index contributed by atoms with van der Waals surface area (Å²) in [4.78, 5) is 13.4. The molecule has 0 unspecified atom stereocenters. The van der Waals surface area contributed by atoms with Gasteiger partial charge in [0.1, 0.15) is 5.76 Å². The van der Waals surface area contributed by atoms with Gasteiger partial charge in [-0.2, -0.15) is 0 Å². The van der Waals surface area contributed by atoms with Gasteiger partial charge in [-0.15, -0.1) is 10.2 Å². The molecule has 3 aromatic heterocycles. The molecular formula is C22H19N5O2S. The van der Waals surface area contributed by atoms with Crippen LogP contribution in [0.4, 0.5) is 0 Å². The molecule has 5 rings (SSSR count). The van der Waals surface area contributed by atoms with Crippen molar-refractivity contribution in [1.29, 1.82) is 0 Å². The third-order valence-electron chi connectivity index (χ3n) is 5.01. The standard InChI is InChI=1S/C22H19N5O2S/c1-13-8-9-18(14(2)10-13)26-20(28)17-6-4-5-7-19(17)27-21(26)23-24-22(27)30-12-16-11-15(3)29-25-16/h4-11H,12H2,1-3H3. The van der Waals surface area contributed by atoms with Crippen LogP contribution in [0.25, 0.3) is 22.4 Å². The number of aryl methyl sites for hydroxylation is 3. The van der Waals surface area contributed by atoms with E-state index in [2.05, 4.69) is 21.4 Å². The Balaban J connectivity index is 1.75. The molecule has 30 heavy (non-hydrogen) atoms. The summed E-state index contributed by atoms with van der Waals surface area (Å²) in [6.07, 6.45) is 0. The zero-order valence-electron chi connectivity index (χ0n) is 16.8. The lowest BCUT2D eigenvalue weighted by atomic mass is 10.1. The lowest BCUT2D eigenvalue weighted by Gasteiger charge is -2.13. The second-order valence-electron chi connectivity index (χ2n) is 7.28. The number of benzene rings is 2. The van der Waals surface area contributed by atoms with Crippen molar-refractivity contribution in [2.45, 2.75) is 31.7 Å². The number of thioether (sulfide) groups is 1. The maximum Gasteiger partial charge on any atom is 0.267 e. The van der Waals surface area contributed by atoms with E-state index >= 15 is 0 Å². The Morgan fingerprint density at radius 2 is 1.87 bits per heavy atom. The molecule has 0 aliphatic rings. The zero-order valence-corrected chi connectivity index (χ0v) is 17.6. The smallest absolute Gasteiger partial charge is 0.267 e. The van der Waals surface area contributed by atoms with Crippen molar-refractivity contribution >= 4 is 28.4 Å². The third kappa shape index (κ3) is 3.00. The molecule has 0 aliphatic carbocycles. The summed E-state index contributed by atoms with van der Waals surface area (Å²) in [5, 5.41) is 14.2. The highest BCUT2D eigenvalue weighted by atomic mass is 32.2. The van der Waals surface area contributed by atoms with E-state index in [1.807, 2.05) is 67.6 Å². The molecule has 0 fully saturated rings. The minimum atomic E-state index is -0.110. The Kier molecular flexibility index (Phi) is 4.43. The van der Waals surface area contributed by atoms with Crippen molar-refractivity contribution in [1.82, 2.24) is 24.3 Å². The number of hydrogen-bond acceptors (Lipinski definition) is 6. The van der Waals surface area contributed by atoms with Crippen LogP contribution in [0.1, 0.15) is 22.6 Å². The van der Waals surface area contributed by atoms with Crippen LogP contribution in [0.5, 0.6) is 0 Å². The average molecular weight is 417 g/mol. The summed E-state index contributed by atoms with van der Waals surface area (Å²) in [6, 6.07) is 15.5. The van der Waals surface area contributed by atoms with E-state index in [4.69, 9.17) is 4.52 Å². The molecule has 8 heteroatoms. The summed E-state index contributed by atoms with van der Waals surface area (Å²) >= 11 is 1.51. The maximum absolute atomic E-state index is 13.4. The highest BCUT2D eigenvalue weighted by Gasteiger charge is 2.19. The first-order valence-corrected chi connectivity index (χ1v) is 10.5. The van der Waals surface area contributed by atoms with Crippen LogP contribution in [0.2, 0.25) is 0 Å². The lowest BCUT2D eigenvalue weighted by molar-refractivity contribution is 0.393. The SMILES string of the molecule is Cc1ccc(-n2c(=O)c3ccccc3n3c(SCc4cc(C)on4)nnc23)c(C)c1. The van der Waals surface area contributed by atoms with Crippen molar-refractivity contribution in [2.24, 2.45) is 0 Å². The molecule has 0 spiro atoms. The largest absolute Gasteiger partial charge is 0.361 e. The first kappa shape index (κ1) is 18.6. The summed E-state index contributed by atoms with van der Waals surface area (Å²) in [5.41, 5.74) is 4.45. The zero-order chi connectivity index (χ0) is 20.8. The van der Waals surface area contributed by atoms with Crippen LogP contribution in [-0.2, 0) is 5.75 Å². The van der Waals surface area contributed by atoms with Crippen molar-refractivity contribution in [3.8, 4) is 5.69 Å². The molecule has 3 heterocycles. The fourth-order valence-corrected chi connectivity index (χ4v) is 4.49. The fourth-order valence-electron chi connectivity index (χ4n) is 3.67.